The molecule has 5 heteroatoms. The number of aromatic nitrogens is 2. The molecule has 3 nitrogen and oxygen atoms in total. The van der Waals surface area contributed by atoms with Crippen LogP contribution in [0.4, 0.5) is 5.82 Å². The van der Waals surface area contributed by atoms with Crippen LogP contribution in [-0.4, -0.2) is 10.2 Å². The number of aryl methyl sites for hydroxylation is 1. The lowest BCUT2D eigenvalue weighted by molar-refractivity contribution is 1.11. The zero-order valence-corrected chi connectivity index (χ0v) is 12.7. The lowest BCUT2D eigenvalue weighted by atomic mass is 10.0. The monoisotopic (exact) mass is 333 g/mol. The van der Waals surface area contributed by atoms with Crippen LogP contribution in [0.1, 0.15) is 4.88 Å². The number of nitrogens with zero attached hydrogens (tertiary/aromatic N) is 1. The number of rotatable bonds is 2. The second-order valence-electron chi connectivity index (χ2n) is 4.25. The van der Waals surface area contributed by atoms with Gasteiger partial charge < -0.3 is 5.73 Å². The fourth-order valence-electron chi connectivity index (χ4n) is 2.04. The molecule has 0 fully saturated rings. The number of thiophene rings is 1. The molecule has 0 aliphatic rings. The van der Waals surface area contributed by atoms with Gasteiger partial charge in [0.1, 0.15) is 0 Å². The molecule has 0 saturated carbocycles. The molecule has 0 saturated heterocycles. The molecule has 0 spiro atoms. The van der Waals surface area contributed by atoms with Crippen LogP contribution < -0.4 is 5.73 Å². The maximum atomic E-state index is 6.03. The van der Waals surface area contributed by atoms with Crippen LogP contribution in [0.25, 0.3) is 21.7 Å². The smallest absolute Gasteiger partial charge is 0.153 e. The van der Waals surface area contributed by atoms with Crippen LogP contribution in [0.15, 0.2) is 40.9 Å². The number of benzene rings is 1. The number of nitrogen functional groups attached to an aromatic ring is 1. The summed E-state index contributed by atoms with van der Waals surface area (Å²) in [5.74, 6) is 0.521. The molecule has 0 bridgehead atoms. The molecule has 0 amide bonds. The minimum absolute atomic E-state index is 0.521. The van der Waals surface area contributed by atoms with Crippen molar-refractivity contribution in [1.29, 1.82) is 0 Å². The Labute approximate surface area is 123 Å². The summed E-state index contributed by atoms with van der Waals surface area (Å²) < 4.78 is 1.01. The Hall–Kier alpha value is -1.59. The van der Waals surface area contributed by atoms with Gasteiger partial charge in [0.25, 0.3) is 0 Å². The van der Waals surface area contributed by atoms with Crippen molar-refractivity contribution in [3.05, 3.63) is 45.7 Å². The first-order valence-electron chi connectivity index (χ1n) is 5.82. The van der Waals surface area contributed by atoms with Crippen LogP contribution in [0.5, 0.6) is 0 Å². The van der Waals surface area contributed by atoms with Crippen LogP contribution in [0, 0.1) is 6.92 Å². The quantitative estimate of drug-likeness (QED) is 0.727. The highest BCUT2D eigenvalue weighted by atomic mass is 79.9. The van der Waals surface area contributed by atoms with Gasteiger partial charge in [0, 0.05) is 14.9 Å². The van der Waals surface area contributed by atoms with Gasteiger partial charge in [0.2, 0.25) is 0 Å². The van der Waals surface area contributed by atoms with Crippen LogP contribution in [-0.2, 0) is 0 Å². The average molecular weight is 334 g/mol. The first-order valence-corrected chi connectivity index (χ1v) is 7.43. The molecule has 0 atom stereocenters. The molecule has 2 aromatic heterocycles. The minimum atomic E-state index is 0.521. The van der Waals surface area contributed by atoms with E-state index >= 15 is 0 Å². The van der Waals surface area contributed by atoms with Gasteiger partial charge in [0.15, 0.2) is 5.82 Å². The number of aromatic amines is 1. The maximum absolute atomic E-state index is 6.03. The number of nitrogens with two attached hydrogens (primary N) is 1. The molecule has 0 radical (unpaired) electrons. The zero-order valence-electron chi connectivity index (χ0n) is 10.3. The normalized spacial score (nSPS) is 10.8. The summed E-state index contributed by atoms with van der Waals surface area (Å²) in [6.07, 6.45) is 0. The van der Waals surface area contributed by atoms with Crippen molar-refractivity contribution in [3.63, 3.8) is 0 Å². The number of anilines is 1. The second-order valence-corrected chi connectivity index (χ2v) is 6.39. The van der Waals surface area contributed by atoms with Crippen molar-refractivity contribution in [1.82, 2.24) is 10.2 Å². The molecule has 0 aliphatic heterocycles. The van der Waals surface area contributed by atoms with Gasteiger partial charge in [-0.15, -0.1) is 11.3 Å². The van der Waals surface area contributed by atoms with Crippen molar-refractivity contribution >= 4 is 33.1 Å². The third kappa shape index (κ3) is 2.19. The van der Waals surface area contributed by atoms with Crippen molar-refractivity contribution in [2.45, 2.75) is 6.92 Å². The summed E-state index contributed by atoms with van der Waals surface area (Å²) in [5.41, 5.74) is 9.01. The summed E-state index contributed by atoms with van der Waals surface area (Å²) >= 11 is 5.30. The summed E-state index contributed by atoms with van der Waals surface area (Å²) in [6, 6.07) is 12.2. The fourth-order valence-corrected chi connectivity index (χ4v) is 3.39. The first-order chi connectivity index (χ1) is 9.16. The number of hydrogen-bond donors (Lipinski definition) is 2. The van der Waals surface area contributed by atoms with Gasteiger partial charge >= 0.3 is 0 Å². The summed E-state index contributed by atoms with van der Waals surface area (Å²) in [7, 11) is 0. The number of hydrogen-bond acceptors (Lipinski definition) is 3. The Morgan fingerprint density at radius 2 is 2.00 bits per heavy atom. The van der Waals surface area contributed by atoms with Crippen LogP contribution in [0.2, 0.25) is 0 Å². The van der Waals surface area contributed by atoms with Gasteiger partial charge in [-0.25, -0.2) is 0 Å². The van der Waals surface area contributed by atoms with E-state index in [1.807, 2.05) is 24.3 Å². The molecule has 0 unspecified atom stereocenters. The summed E-state index contributed by atoms with van der Waals surface area (Å²) in [5, 5.41) is 7.20. The van der Waals surface area contributed by atoms with E-state index in [0.717, 1.165) is 26.2 Å². The molecule has 19 heavy (non-hydrogen) atoms. The van der Waals surface area contributed by atoms with Gasteiger partial charge in [-0.3, -0.25) is 5.10 Å². The van der Waals surface area contributed by atoms with E-state index in [1.165, 1.54) is 4.88 Å². The Bertz CT molecular complexity index is 730. The van der Waals surface area contributed by atoms with E-state index in [9.17, 15) is 0 Å². The Kier molecular flexibility index (Phi) is 3.16. The van der Waals surface area contributed by atoms with Crippen LogP contribution in [0.3, 0.4) is 0 Å². The number of H-pyrrole nitrogens is 1. The van der Waals surface area contributed by atoms with Gasteiger partial charge in [0.05, 0.1) is 16.1 Å². The van der Waals surface area contributed by atoms with Gasteiger partial charge in [-0.2, -0.15) is 5.10 Å². The number of halogens is 1. The molecule has 3 aromatic rings. The third-order valence-electron chi connectivity index (χ3n) is 2.92. The number of nitrogens with one attached hydrogen (secondary N) is 1. The fraction of sp³-hybridized carbons (Fsp3) is 0.0714. The highest BCUT2D eigenvalue weighted by Gasteiger charge is 2.17. The van der Waals surface area contributed by atoms with Gasteiger partial charge in [-0.1, -0.05) is 34.1 Å². The molecule has 0 aliphatic carbocycles. The third-order valence-corrected chi connectivity index (χ3v) is 4.63. The molecular weight excluding hydrogens is 322 g/mol. The molecule has 3 rings (SSSR count). The first kappa shape index (κ1) is 12.4. The van der Waals surface area contributed by atoms with E-state index < -0.39 is 0 Å². The van der Waals surface area contributed by atoms with E-state index in [0.29, 0.717) is 5.82 Å². The molecule has 2 heterocycles. The van der Waals surface area contributed by atoms with Crippen molar-refractivity contribution in [2.75, 3.05) is 5.73 Å². The standard InChI is InChI=1S/C14H12BrN3S/c1-8-6-7-11(19-8)13-12(14(16)18-17-13)9-4-2-3-5-10(9)15/h2-7H,1H3,(H3,16,17,18). The van der Waals surface area contributed by atoms with E-state index in [4.69, 9.17) is 5.73 Å². The average Bonchev–Trinajstić information content (AvgIpc) is 2.96. The Morgan fingerprint density at radius 1 is 1.21 bits per heavy atom. The maximum Gasteiger partial charge on any atom is 0.153 e. The highest BCUT2D eigenvalue weighted by Crippen LogP contribution is 2.40. The summed E-state index contributed by atoms with van der Waals surface area (Å²) in [6.45, 7) is 2.09. The predicted octanol–water partition coefficient (Wildman–Crippen LogP) is 4.46. The molecule has 1 aromatic carbocycles. The molecule has 3 N–H and O–H groups in total. The van der Waals surface area contributed by atoms with Gasteiger partial charge in [-0.05, 0) is 25.1 Å². The molecular formula is C14H12BrN3S. The highest BCUT2D eigenvalue weighted by molar-refractivity contribution is 9.10. The second kappa shape index (κ2) is 4.83. The topological polar surface area (TPSA) is 54.7 Å². The minimum Gasteiger partial charge on any atom is -0.382 e. The molecule has 96 valence electrons. The largest absolute Gasteiger partial charge is 0.382 e. The van der Waals surface area contributed by atoms with Crippen molar-refractivity contribution in [3.8, 4) is 21.7 Å². The van der Waals surface area contributed by atoms with Crippen molar-refractivity contribution < 1.29 is 0 Å². The summed E-state index contributed by atoms with van der Waals surface area (Å²) in [4.78, 5) is 2.41. The Morgan fingerprint density at radius 3 is 2.68 bits per heavy atom. The predicted molar refractivity (Wildman–Crippen MR) is 84.2 cm³/mol. The van der Waals surface area contributed by atoms with E-state index in [1.54, 1.807) is 11.3 Å². The van der Waals surface area contributed by atoms with Crippen molar-refractivity contribution in [2.24, 2.45) is 0 Å². The zero-order chi connectivity index (χ0) is 13.4. The van der Waals surface area contributed by atoms with Crippen LogP contribution >= 0.6 is 27.3 Å². The van der Waals surface area contributed by atoms with E-state index in [-0.39, 0.29) is 0 Å². The SMILES string of the molecule is Cc1ccc(-c2[nH]nc(N)c2-c2ccccc2Br)s1. The lowest BCUT2D eigenvalue weighted by Gasteiger charge is -2.05. The Balaban J connectivity index is 2.22. The van der Waals surface area contributed by atoms with E-state index in [2.05, 4.69) is 45.2 Å². The lowest BCUT2D eigenvalue weighted by Crippen LogP contribution is -1.89.